The summed E-state index contributed by atoms with van der Waals surface area (Å²) in [7, 11) is 0. The highest BCUT2D eigenvalue weighted by atomic mass is 16.1. The van der Waals surface area contributed by atoms with Crippen LogP contribution in [0.1, 0.15) is 33.3 Å². The van der Waals surface area contributed by atoms with Crippen molar-refractivity contribution in [2.45, 2.75) is 34.6 Å². The normalized spacial score (nSPS) is 9.32. The number of benzene rings is 2. The van der Waals surface area contributed by atoms with Crippen molar-refractivity contribution in [3.05, 3.63) is 70.5 Å². The molecule has 0 fully saturated rings. The number of pyridine rings is 1. The fourth-order valence-corrected chi connectivity index (χ4v) is 2.23. The molecule has 2 heteroatoms. The van der Waals surface area contributed by atoms with Gasteiger partial charge in [-0.05, 0) is 30.0 Å². The second-order valence-corrected chi connectivity index (χ2v) is 4.41. The van der Waals surface area contributed by atoms with Gasteiger partial charge in [0.05, 0.1) is 0 Å². The van der Waals surface area contributed by atoms with Gasteiger partial charge in [-0.3, -0.25) is 4.79 Å². The molecule has 0 aliphatic heterocycles. The van der Waals surface area contributed by atoms with Crippen LogP contribution in [-0.4, -0.2) is 4.98 Å². The maximum atomic E-state index is 12.0. The van der Waals surface area contributed by atoms with Gasteiger partial charge in [-0.2, -0.15) is 0 Å². The first-order valence-electron chi connectivity index (χ1n) is 7.94. The molecule has 0 bridgehead atoms. The van der Waals surface area contributed by atoms with Gasteiger partial charge in [-0.25, -0.2) is 0 Å². The van der Waals surface area contributed by atoms with Crippen LogP contribution in [-0.2, 0) is 0 Å². The molecule has 0 radical (unpaired) electrons. The van der Waals surface area contributed by atoms with Crippen LogP contribution in [0.2, 0.25) is 0 Å². The molecule has 2 aromatic carbocycles. The average Bonchev–Trinajstić information content (AvgIpc) is 2.59. The van der Waals surface area contributed by atoms with Crippen molar-refractivity contribution in [3.8, 4) is 11.3 Å². The smallest absolute Gasteiger partial charge is 0.256 e. The van der Waals surface area contributed by atoms with E-state index in [1.165, 1.54) is 0 Å². The minimum Gasteiger partial charge on any atom is -0.321 e. The molecule has 1 aromatic heterocycles. The number of fused-ring (bicyclic) bond motifs is 1. The zero-order chi connectivity index (χ0) is 16.5. The molecule has 0 atom stereocenters. The van der Waals surface area contributed by atoms with Gasteiger partial charge in [0.15, 0.2) is 0 Å². The molecule has 0 unspecified atom stereocenters. The third-order valence-electron chi connectivity index (χ3n) is 3.19. The lowest BCUT2D eigenvalue weighted by atomic mass is 10.0. The average molecular weight is 295 g/mol. The molecule has 0 aliphatic carbocycles. The van der Waals surface area contributed by atoms with Crippen molar-refractivity contribution in [2.24, 2.45) is 0 Å². The van der Waals surface area contributed by atoms with E-state index in [4.69, 9.17) is 0 Å². The molecular weight excluding hydrogens is 270 g/mol. The zero-order valence-corrected chi connectivity index (χ0v) is 14.1. The van der Waals surface area contributed by atoms with E-state index >= 15 is 0 Å². The minimum absolute atomic E-state index is 0.0358. The number of aromatic nitrogens is 1. The summed E-state index contributed by atoms with van der Waals surface area (Å²) < 4.78 is 0. The van der Waals surface area contributed by atoms with Gasteiger partial charge >= 0.3 is 0 Å². The molecule has 0 saturated heterocycles. The molecule has 1 heterocycles. The van der Waals surface area contributed by atoms with Gasteiger partial charge in [0, 0.05) is 16.6 Å². The van der Waals surface area contributed by atoms with Crippen molar-refractivity contribution in [2.75, 3.05) is 0 Å². The monoisotopic (exact) mass is 295 g/mol. The Morgan fingerprint density at radius 3 is 2.09 bits per heavy atom. The standard InChI is InChI=1S/C16H13NO.2C2H6/c1-11-6-2-4-8-13(11)15-10-12-7-3-5-9-14(12)16(18)17-15;2*1-2/h2-10H,1H3,(H,17,18);2*1-2H3. The highest BCUT2D eigenvalue weighted by Crippen LogP contribution is 2.22. The first kappa shape index (κ1) is 17.7. The van der Waals surface area contributed by atoms with Crippen molar-refractivity contribution in [1.82, 2.24) is 4.98 Å². The number of H-pyrrole nitrogens is 1. The summed E-state index contributed by atoms with van der Waals surface area (Å²) in [5.41, 5.74) is 3.06. The Labute approximate surface area is 132 Å². The van der Waals surface area contributed by atoms with E-state index in [1.807, 2.05) is 89.2 Å². The van der Waals surface area contributed by atoms with Gasteiger partial charge in [0.1, 0.15) is 0 Å². The minimum atomic E-state index is -0.0358. The van der Waals surface area contributed by atoms with Crippen LogP contribution >= 0.6 is 0 Å². The number of hydrogen-bond acceptors (Lipinski definition) is 1. The van der Waals surface area contributed by atoms with E-state index in [1.54, 1.807) is 0 Å². The Kier molecular flexibility index (Phi) is 7.11. The fraction of sp³-hybridized carbons (Fsp3) is 0.250. The summed E-state index contributed by atoms with van der Waals surface area (Å²) in [5.74, 6) is 0. The zero-order valence-electron chi connectivity index (χ0n) is 14.1. The topological polar surface area (TPSA) is 32.9 Å². The van der Waals surface area contributed by atoms with Gasteiger partial charge in [-0.1, -0.05) is 70.2 Å². The lowest BCUT2D eigenvalue weighted by molar-refractivity contribution is 1.26. The number of hydrogen-bond donors (Lipinski definition) is 1. The SMILES string of the molecule is CC.CC.Cc1ccccc1-c1cc2ccccc2c(=O)[nH]1. The molecule has 0 aliphatic rings. The molecule has 1 N–H and O–H groups in total. The summed E-state index contributed by atoms with van der Waals surface area (Å²) in [4.78, 5) is 15.0. The number of rotatable bonds is 1. The molecule has 3 rings (SSSR count). The summed E-state index contributed by atoms with van der Waals surface area (Å²) >= 11 is 0. The Hall–Kier alpha value is -2.35. The maximum Gasteiger partial charge on any atom is 0.256 e. The predicted molar refractivity (Wildman–Crippen MR) is 97.4 cm³/mol. The van der Waals surface area contributed by atoms with E-state index < -0.39 is 0 Å². The lowest BCUT2D eigenvalue weighted by Crippen LogP contribution is -2.07. The number of nitrogens with one attached hydrogen (secondary N) is 1. The van der Waals surface area contributed by atoms with E-state index in [0.717, 1.165) is 27.6 Å². The molecular formula is C20H25NO. The van der Waals surface area contributed by atoms with Gasteiger partial charge in [0.2, 0.25) is 0 Å². The quantitative estimate of drug-likeness (QED) is 0.626. The molecule has 0 amide bonds. The summed E-state index contributed by atoms with van der Waals surface area (Å²) in [6, 6.07) is 17.7. The van der Waals surface area contributed by atoms with E-state index in [0.29, 0.717) is 0 Å². The maximum absolute atomic E-state index is 12.0. The van der Waals surface area contributed by atoms with Gasteiger partial charge < -0.3 is 4.98 Å². The largest absolute Gasteiger partial charge is 0.321 e. The predicted octanol–water partition coefficient (Wildman–Crippen LogP) is 5.56. The van der Waals surface area contributed by atoms with Crippen LogP contribution < -0.4 is 5.56 Å². The Morgan fingerprint density at radius 2 is 1.41 bits per heavy atom. The van der Waals surface area contributed by atoms with Crippen molar-refractivity contribution < 1.29 is 0 Å². The molecule has 0 spiro atoms. The molecule has 2 nitrogen and oxygen atoms in total. The summed E-state index contributed by atoms with van der Waals surface area (Å²) in [6.07, 6.45) is 0. The Balaban J connectivity index is 0.000000561. The Bertz CT molecular complexity index is 772. The van der Waals surface area contributed by atoms with Crippen LogP contribution in [0.4, 0.5) is 0 Å². The second kappa shape index (κ2) is 8.83. The number of aromatic amines is 1. The summed E-state index contributed by atoms with van der Waals surface area (Å²) in [5, 5.41) is 1.70. The van der Waals surface area contributed by atoms with Crippen LogP contribution in [0.25, 0.3) is 22.0 Å². The number of aryl methyl sites for hydroxylation is 1. The van der Waals surface area contributed by atoms with Crippen molar-refractivity contribution in [1.29, 1.82) is 0 Å². The van der Waals surface area contributed by atoms with E-state index in [-0.39, 0.29) is 5.56 Å². The third kappa shape index (κ3) is 3.85. The fourth-order valence-electron chi connectivity index (χ4n) is 2.23. The molecule has 116 valence electrons. The van der Waals surface area contributed by atoms with Crippen LogP contribution in [0.3, 0.4) is 0 Å². The van der Waals surface area contributed by atoms with E-state index in [2.05, 4.69) is 4.98 Å². The van der Waals surface area contributed by atoms with Crippen LogP contribution in [0, 0.1) is 6.92 Å². The van der Waals surface area contributed by atoms with Crippen molar-refractivity contribution in [3.63, 3.8) is 0 Å². The molecule has 22 heavy (non-hydrogen) atoms. The van der Waals surface area contributed by atoms with E-state index in [9.17, 15) is 4.79 Å². The third-order valence-corrected chi connectivity index (χ3v) is 3.19. The lowest BCUT2D eigenvalue weighted by Gasteiger charge is -2.06. The first-order valence-corrected chi connectivity index (χ1v) is 7.94. The van der Waals surface area contributed by atoms with Crippen LogP contribution in [0.5, 0.6) is 0 Å². The van der Waals surface area contributed by atoms with Gasteiger partial charge in [-0.15, -0.1) is 0 Å². The highest BCUT2D eigenvalue weighted by Gasteiger charge is 2.05. The van der Waals surface area contributed by atoms with Crippen LogP contribution in [0.15, 0.2) is 59.4 Å². The van der Waals surface area contributed by atoms with Gasteiger partial charge in [0.25, 0.3) is 5.56 Å². The van der Waals surface area contributed by atoms with Crippen molar-refractivity contribution >= 4 is 10.8 Å². The second-order valence-electron chi connectivity index (χ2n) is 4.41. The summed E-state index contributed by atoms with van der Waals surface area (Å²) in [6.45, 7) is 10.0. The Morgan fingerprint density at radius 1 is 0.818 bits per heavy atom. The molecule has 0 saturated carbocycles. The first-order chi connectivity index (χ1) is 10.8. The molecule has 3 aromatic rings. The highest BCUT2D eigenvalue weighted by molar-refractivity contribution is 5.85.